The molecule has 2 rings (SSSR count). The van der Waals surface area contributed by atoms with Gasteiger partial charge in [-0.05, 0) is 24.3 Å². The average molecular weight is 259 g/mol. The van der Waals surface area contributed by atoms with Crippen LogP contribution >= 0.6 is 0 Å². The SMILES string of the molecule is O=C(CNC(=O)c1cccnc1)NCc1ccco1. The van der Waals surface area contributed by atoms with Gasteiger partial charge in [0, 0.05) is 12.4 Å². The Labute approximate surface area is 109 Å². The van der Waals surface area contributed by atoms with Crippen LogP contribution in [-0.4, -0.2) is 23.3 Å². The number of nitrogens with one attached hydrogen (secondary N) is 2. The highest BCUT2D eigenvalue weighted by Crippen LogP contribution is 1.98. The third kappa shape index (κ3) is 3.95. The molecule has 2 N–H and O–H groups in total. The van der Waals surface area contributed by atoms with Crippen LogP contribution in [0.2, 0.25) is 0 Å². The van der Waals surface area contributed by atoms with Gasteiger partial charge in [-0.1, -0.05) is 0 Å². The van der Waals surface area contributed by atoms with E-state index < -0.39 is 0 Å². The van der Waals surface area contributed by atoms with E-state index in [1.54, 1.807) is 30.5 Å². The van der Waals surface area contributed by atoms with Gasteiger partial charge in [0.15, 0.2) is 0 Å². The molecule has 0 radical (unpaired) electrons. The van der Waals surface area contributed by atoms with Crippen LogP contribution in [-0.2, 0) is 11.3 Å². The van der Waals surface area contributed by atoms with E-state index in [4.69, 9.17) is 4.42 Å². The molecule has 2 aromatic rings. The zero-order valence-electron chi connectivity index (χ0n) is 10.1. The highest BCUT2D eigenvalue weighted by Gasteiger charge is 2.07. The fourth-order valence-electron chi connectivity index (χ4n) is 1.42. The molecule has 0 aliphatic rings. The molecule has 0 aliphatic carbocycles. The predicted molar refractivity (Wildman–Crippen MR) is 67.1 cm³/mol. The molecule has 6 heteroatoms. The lowest BCUT2D eigenvalue weighted by molar-refractivity contribution is -0.120. The van der Waals surface area contributed by atoms with Gasteiger partial charge in [-0.2, -0.15) is 0 Å². The van der Waals surface area contributed by atoms with Gasteiger partial charge in [0.1, 0.15) is 5.76 Å². The molecule has 2 amide bonds. The van der Waals surface area contributed by atoms with Crippen LogP contribution in [0.1, 0.15) is 16.1 Å². The van der Waals surface area contributed by atoms with Crippen molar-refractivity contribution in [1.29, 1.82) is 0 Å². The quantitative estimate of drug-likeness (QED) is 0.828. The van der Waals surface area contributed by atoms with Crippen molar-refractivity contribution < 1.29 is 14.0 Å². The maximum Gasteiger partial charge on any atom is 0.253 e. The Kier molecular flexibility index (Phi) is 4.28. The first-order valence-electron chi connectivity index (χ1n) is 5.73. The number of aromatic nitrogens is 1. The number of carbonyl (C=O) groups is 2. The smallest absolute Gasteiger partial charge is 0.253 e. The lowest BCUT2D eigenvalue weighted by atomic mass is 10.3. The number of carbonyl (C=O) groups excluding carboxylic acids is 2. The summed E-state index contributed by atoms with van der Waals surface area (Å²) in [6.07, 6.45) is 4.55. The minimum Gasteiger partial charge on any atom is -0.467 e. The second-order valence-electron chi connectivity index (χ2n) is 3.78. The first-order chi connectivity index (χ1) is 9.25. The first kappa shape index (κ1) is 12.8. The van der Waals surface area contributed by atoms with Gasteiger partial charge in [0.25, 0.3) is 5.91 Å². The maximum atomic E-state index is 11.6. The van der Waals surface area contributed by atoms with Gasteiger partial charge < -0.3 is 15.1 Å². The number of pyridine rings is 1. The number of rotatable bonds is 5. The lowest BCUT2D eigenvalue weighted by Crippen LogP contribution is -2.36. The molecule has 0 bridgehead atoms. The Morgan fingerprint density at radius 1 is 1.21 bits per heavy atom. The number of nitrogens with zero attached hydrogens (tertiary/aromatic N) is 1. The fraction of sp³-hybridized carbons (Fsp3) is 0.154. The molecule has 0 spiro atoms. The predicted octanol–water partition coefficient (Wildman–Crippen LogP) is 0.721. The van der Waals surface area contributed by atoms with E-state index in [9.17, 15) is 9.59 Å². The number of furan rings is 1. The summed E-state index contributed by atoms with van der Waals surface area (Å²) in [4.78, 5) is 27.0. The van der Waals surface area contributed by atoms with Crippen LogP contribution in [0.25, 0.3) is 0 Å². The summed E-state index contributed by atoms with van der Waals surface area (Å²) in [5, 5.41) is 5.14. The molecule has 0 atom stereocenters. The number of hydrogen-bond donors (Lipinski definition) is 2. The normalized spacial score (nSPS) is 9.89. The Hall–Kier alpha value is -2.63. The molecule has 98 valence electrons. The van der Waals surface area contributed by atoms with Crippen molar-refractivity contribution in [2.24, 2.45) is 0 Å². The van der Waals surface area contributed by atoms with E-state index in [1.807, 2.05) is 0 Å². The Bertz CT molecular complexity index is 538. The summed E-state index contributed by atoms with van der Waals surface area (Å²) in [5.41, 5.74) is 0.418. The third-order valence-corrected chi connectivity index (χ3v) is 2.37. The summed E-state index contributed by atoms with van der Waals surface area (Å²) in [5.74, 6) is 0.0434. The van der Waals surface area contributed by atoms with E-state index in [2.05, 4.69) is 15.6 Å². The Balaban J connectivity index is 1.73. The zero-order chi connectivity index (χ0) is 13.5. The molecular formula is C13H13N3O3. The molecular weight excluding hydrogens is 246 g/mol. The Morgan fingerprint density at radius 3 is 2.79 bits per heavy atom. The van der Waals surface area contributed by atoms with Gasteiger partial charge in [0.05, 0.1) is 24.9 Å². The van der Waals surface area contributed by atoms with E-state index in [-0.39, 0.29) is 18.4 Å². The molecule has 2 heterocycles. The van der Waals surface area contributed by atoms with Crippen molar-refractivity contribution in [2.75, 3.05) is 6.54 Å². The van der Waals surface area contributed by atoms with Gasteiger partial charge in [0.2, 0.25) is 5.91 Å². The van der Waals surface area contributed by atoms with Crippen molar-refractivity contribution in [2.45, 2.75) is 6.54 Å². The van der Waals surface area contributed by atoms with Crippen molar-refractivity contribution in [3.63, 3.8) is 0 Å². The molecule has 6 nitrogen and oxygen atoms in total. The summed E-state index contributed by atoms with van der Waals surface area (Å²) in [6, 6.07) is 6.79. The molecule has 0 saturated heterocycles. The standard InChI is InChI=1S/C13H13N3O3/c17-12(15-8-11-4-2-6-19-11)9-16-13(18)10-3-1-5-14-7-10/h1-7H,8-9H2,(H,15,17)(H,16,18). The second kappa shape index (κ2) is 6.34. The summed E-state index contributed by atoms with van der Waals surface area (Å²) >= 11 is 0. The van der Waals surface area contributed by atoms with Crippen LogP contribution in [0.5, 0.6) is 0 Å². The van der Waals surface area contributed by atoms with Gasteiger partial charge in [-0.25, -0.2) is 0 Å². The average Bonchev–Trinajstić information content (AvgIpc) is 2.96. The summed E-state index contributed by atoms with van der Waals surface area (Å²) in [6.45, 7) is 0.211. The molecule has 2 aromatic heterocycles. The molecule has 0 fully saturated rings. The number of hydrogen-bond acceptors (Lipinski definition) is 4. The molecule has 19 heavy (non-hydrogen) atoms. The fourth-order valence-corrected chi connectivity index (χ4v) is 1.42. The van der Waals surface area contributed by atoms with E-state index in [0.717, 1.165) is 0 Å². The topological polar surface area (TPSA) is 84.2 Å². The molecule has 0 aromatic carbocycles. The van der Waals surface area contributed by atoms with E-state index in [1.165, 1.54) is 12.5 Å². The molecule has 0 unspecified atom stereocenters. The maximum absolute atomic E-state index is 11.6. The van der Waals surface area contributed by atoms with Crippen LogP contribution in [0, 0.1) is 0 Å². The van der Waals surface area contributed by atoms with Crippen molar-refractivity contribution >= 4 is 11.8 Å². The van der Waals surface area contributed by atoms with Gasteiger partial charge in [-0.15, -0.1) is 0 Å². The van der Waals surface area contributed by atoms with Crippen LogP contribution < -0.4 is 10.6 Å². The van der Waals surface area contributed by atoms with E-state index in [0.29, 0.717) is 17.9 Å². The summed E-state index contributed by atoms with van der Waals surface area (Å²) in [7, 11) is 0. The number of amides is 2. The van der Waals surface area contributed by atoms with Gasteiger partial charge >= 0.3 is 0 Å². The van der Waals surface area contributed by atoms with Crippen molar-refractivity contribution in [3.8, 4) is 0 Å². The Morgan fingerprint density at radius 2 is 2.11 bits per heavy atom. The summed E-state index contributed by atoms with van der Waals surface area (Å²) < 4.78 is 5.07. The monoisotopic (exact) mass is 259 g/mol. The second-order valence-corrected chi connectivity index (χ2v) is 3.78. The minimum atomic E-state index is -0.332. The van der Waals surface area contributed by atoms with Crippen molar-refractivity contribution in [3.05, 3.63) is 54.2 Å². The lowest BCUT2D eigenvalue weighted by Gasteiger charge is -2.05. The molecule has 0 aliphatic heterocycles. The largest absolute Gasteiger partial charge is 0.467 e. The van der Waals surface area contributed by atoms with Crippen LogP contribution in [0.15, 0.2) is 47.3 Å². The van der Waals surface area contributed by atoms with Crippen LogP contribution in [0.4, 0.5) is 0 Å². The first-order valence-corrected chi connectivity index (χ1v) is 5.73. The highest BCUT2D eigenvalue weighted by molar-refractivity contribution is 5.96. The van der Waals surface area contributed by atoms with Gasteiger partial charge in [-0.3, -0.25) is 14.6 Å². The highest BCUT2D eigenvalue weighted by atomic mass is 16.3. The third-order valence-electron chi connectivity index (χ3n) is 2.37. The van der Waals surface area contributed by atoms with Crippen LogP contribution in [0.3, 0.4) is 0 Å². The zero-order valence-corrected chi connectivity index (χ0v) is 10.1. The van der Waals surface area contributed by atoms with E-state index >= 15 is 0 Å². The van der Waals surface area contributed by atoms with Crippen molar-refractivity contribution in [1.82, 2.24) is 15.6 Å². The minimum absolute atomic E-state index is 0.0889. The molecule has 0 saturated carbocycles.